The number of ether oxygens (including phenoxy) is 1. The van der Waals surface area contributed by atoms with Crippen molar-refractivity contribution in [2.75, 3.05) is 6.61 Å². The molecule has 1 heterocycles. The zero-order valence-electron chi connectivity index (χ0n) is 13.1. The summed E-state index contributed by atoms with van der Waals surface area (Å²) in [4.78, 5) is 26.7. The van der Waals surface area contributed by atoms with E-state index in [2.05, 4.69) is 12.2 Å². The monoisotopic (exact) mass is 294 g/mol. The topological polar surface area (TPSA) is 58.6 Å². The van der Waals surface area contributed by atoms with E-state index in [1.165, 1.54) is 6.42 Å². The van der Waals surface area contributed by atoms with Crippen molar-refractivity contribution in [3.05, 3.63) is 0 Å². The van der Waals surface area contributed by atoms with Crippen LogP contribution in [0.4, 0.5) is 0 Å². The van der Waals surface area contributed by atoms with E-state index >= 15 is 0 Å². The Balaban J connectivity index is 1.80. The molecule has 2 saturated carbocycles. The van der Waals surface area contributed by atoms with Crippen LogP contribution in [0.1, 0.15) is 58.8 Å². The van der Waals surface area contributed by atoms with Crippen molar-refractivity contribution in [2.45, 2.75) is 76.6 Å². The molecule has 5 nitrogen and oxygen atoms in total. The van der Waals surface area contributed by atoms with Gasteiger partial charge in [-0.3, -0.25) is 14.5 Å². The molecule has 3 rings (SSSR count). The van der Waals surface area contributed by atoms with Crippen molar-refractivity contribution in [1.29, 1.82) is 0 Å². The maximum Gasteiger partial charge on any atom is 0.245 e. The van der Waals surface area contributed by atoms with Crippen LogP contribution in [-0.2, 0) is 14.3 Å². The zero-order chi connectivity index (χ0) is 15.0. The predicted molar refractivity (Wildman–Crippen MR) is 78.4 cm³/mol. The Morgan fingerprint density at radius 2 is 2.10 bits per heavy atom. The third-order valence-electron chi connectivity index (χ3n) is 4.99. The van der Waals surface area contributed by atoms with Gasteiger partial charge in [0.05, 0.1) is 6.61 Å². The summed E-state index contributed by atoms with van der Waals surface area (Å²) in [5.41, 5.74) is -0.531. The minimum Gasteiger partial charge on any atom is -0.353 e. The van der Waals surface area contributed by atoms with Crippen LogP contribution in [0.15, 0.2) is 0 Å². The summed E-state index contributed by atoms with van der Waals surface area (Å²) in [6.07, 6.45) is 6.49. The predicted octanol–water partition coefficient (Wildman–Crippen LogP) is 1.81. The molecule has 3 fully saturated rings. The van der Waals surface area contributed by atoms with Crippen LogP contribution in [0.2, 0.25) is 0 Å². The van der Waals surface area contributed by atoms with Gasteiger partial charge in [0.1, 0.15) is 11.8 Å². The fourth-order valence-corrected chi connectivity index (χ4v) is 3.78. The number of amides is 2. The summed E-state index contributed by atoms with van der Waals surface area (Å²) in [7, 11) is 0. The second kappa shape index (κ2) is 5.59. The lowest BCUT2D eigenvalue weighted by Crippen LogP contribution is -2.57. The van der Waals surface area contributed by atoms with Crippen LogP contribution in [0.25, 0.3) is 0 Å². The summed E-state index contributed by atoms with van der Waals surface area (Å²) in [5, 5.41) is 3.03. The standard InChI is InChI=1S/C16H26N2O3/c1-3-14(19)18-13(15(20)17-12-6-7-12)10-21-16(18)8-4-5-11(2)9-16/h11-13H,3-10H2,1-2H3,(H,17,20)/t11-,13-,16+/m0/s1. The first-order valence-electron chi connectivity index (χ1n) is 8.32. The molecule has 0 aromatic rings. The Hall–Kier alpha value is -1.10. The highest BCUT2D eigenvalue weighted by Crippen LogP contribution is 2.43. The first-order chi connectivity index (χ1) is 10.1. The lowest BCUT2D eigenvalue weighted by molar-refractivity contribution is -0.162. The molecule has 5 heteroatoms. The average molecular weight is 294 g/mol. The summed E-state index contributed by atoms with van der Waals surface area (Å²) in [5.74, 6) is 0.545. The third-order valence-corrected chi connectivity index (χ3v) is 4.99. The van der Waals surface area contributed by atoms with Crippen molar-refractivity contribution < 1.29 is 14.3 Å². The van der Waals surface area contributed by atoms with Gasteiger partial charge in [-0.25, -0.2) is 0 Å². The molecule has 0 unspecified atom stereocenters. The molecule has 21 heavy (non-hydrogen) atoms. The molecule has 2 amide bonds. The molecule has 118 valence electrons. The van der Waals surface area contributed by atoms with E-state index in [4.69, 9.17) is 4.74 Å². The maximum absolute atomic E-state index is 12.5. The first kappa shape index (κ1) is 14.8. The quantitative estimate of drug-likeness (QED) is 0.863. The van der Waals surface area contributed by atoms with Gasteiger partial charge in [0.25, 0.3) is 0 Å². The summed E-state index contributed by atoms with van der Waals surface area (Å²) in [6, 6.07) is -0.124. The molecule has 0 radical (unpaired) electrons. The van der Waals surface area contributed by atoms with Crippen molar-refractivity contribution in [2.24, 2.45) is 5.92 Å². The molecule has 1 aliphatic heterocycles. The lowest BCUT2D eigenvalue weighted by atomic mass is 9.83. The Kier molecular flexibility index (Phi) is 3.95. The number of carbonyl (C=O) groups excluding carboxylic acids is 2. The third kappa shape index (κ3) is 2.80. The highest BCUT2D eigenvalue weighted by molar-refractivity contribution is 5.89. The van der Waals surface area contributed by atoms with Crippen LogP contribution in [0.5, 0.6) is 0 Å². The SMILES string of the molecule is CCC(=O)N1[C@H](C(=O)NC2CC2)CO[C@@]12CCC[C@H](C)C2. The smallest absolute Gasteiger partial charge is 0.245 e. The lowest BCUT2D eigenvalue weighted by Gasteiger charge is -2.43. The van der Waals surface area contributed by atoms with E-state index in [-0.39, 0.29) is 11.8 Å². The Morgan fingerprint density at radius 3 is 2.71 bits per heavy atom. The van der Waals surface area contributed by atoms with E-state index in [1.54, 1.807) is 4.90 Å². The number of hydrogen-bond donors (Lipinski definition) is 1. The molecule has 0 bridgehead atoms. The number of hydrogen-bond acceptors (Lipinski definition) is 3. The molecular formula is C16H26N2O3. The normalized spacial score (nSPS) is 36.0. The minimum absolute atomic E-state index is 0.0330. The highest BCUT2D eigenvalue weighted by Gasteiger charge is 2.53. The molecule has 3 aliphatic rings. The van der Waals surface area contributed by atoms with Crippen molar-refractivity contribution in [3.63, 3.8) is 0 Å². The summed E-state index contributed by atoms with van der Waals surface area (Å²) >= 11 is 0. The average Bonchev–Trinajstić information content (AvgIpc) is 3.19. The van der Waals surface area contributed by atoms with Crippen LogP contribution in [0.3, 0.4) is 0 Å². The number of rotatable bonds is 3. The first-order valence-corrected chi connectivity index (χ1v) is 8.32. The largest absolute Gasteiger partial charge is 0.353 e. The molecule has 1 N–H and O–H groups in total. The number of nitrogens with zero attached hydrogens (tertiary/aromatic N) is 1. The van der Waals surface area contributed by atoms with Gasteiger partial charge in [0.2, 0.25) is 11.8 Å². The van der Waals surface area contributed by atoms with Crippen LogP contribution in [-0.4, -0.2) is 41.1 Å². The van der Waals surface area contributed by atoms with Gasteiger partial charge in [0, 0.05) is 12.5 Å². The molecule has 1 saturated heterocycles. The molecule has 0 aromatic carbocycles. The Morgan fingerprint density at radius 1 is 1.33 bits per heavy atom. The fraction of sp³-hybridized carbons (Fsp3) is 0.875. The molecule has 3 atom stereocenters. The van der Waals surface area contributed by atoms with E-state index in [9.17, 15) is 9.59 Å². The Labute approximate surface area is 126 Å². The fourth-order valence-electron chi connectivity index (χ4n) is 3.78. The van der Waals surface area contributed by atoms with Gasteiger partial charge in [-0.2, -0.15) is 0 Å². The van der Waals surface area contributed by atoms with Gasteiger partial charge in [0.15, 0.2) is 0 Å². The van der Waals surface area contributed by atoms with Gasteiger partial charge < -0.3 is 10.1 Å². The van der Waals surface area contributed by atoms with Crippen molar-refractivity contribution >= 4 is 11.8 Å². The molecule has 0 aromatic heterocycles. The van der Waals surface area contributed by atoms with Crippen molar-refractivity contribution in [1.82, 2.24) is 10.2 Å². The van der Waals surface area contributed by atoms with Crippen LogP contribution < -0.4 is 5.32 Å². The van der Waals surface area contributed by atoms with E-state index in [0.29, 0.717) is 25.0 Å². The molecule has 2 aliphatic carbocycles. The maximum atomic E-state index is 12.5. The van der Waals surface area contributed by atoms with Crippen molar-refractivity contribution in [3.8, 4) is 0 Å². The number of nitrogens with one attached hydrogen (secondary N) is 1. The van der Waals surface area contributed by atoms with Gasteiger partial charge in [-0.1, -0.05) is 20.3 Å². The highest BCUT2D eigenvalue weighted by atomic mass is 16.5. The second-order valence-electron chi connectivity index (χ2n) is 6.87. The molecular weight excluding hydrogens is 268 g/mol. The molecule has 1 spiro atoms. The zero-order valence-corrected chi connectivity index (χ0v) is 13.1. The van der Waals surface area contributed by atoms with Crippen LogP contribution >= 0.6 is 0 Å². The number of carbonyl (C=O) groups is 2. The van der Waals surface area contributed by atoms with Gasteiger partial charge in [-0.05, 0) is 38.0 Å². The van der Waals surface area contributed by atoms with E-state index in [0.717, 1.165) is 32.1 Å². The second-order valence-corrected chi connectivity index (χ2v) is 6.87. The Bertz CT molecular complexity index is 433. The van der Waals surface area contributed by atoms with E-state index in [1.807, 2.05) is 6.92 Å². The van der Waals surface area contributed by atoms with Gasteiger partial charge >= 0.3 is 0 Å². The van der Waals surface area contributed by atoms with Crippen LogP contribution in [0, 0.1) is 5.92 Å². The summed E-state index contributed by atoms with van der Waals surface area (Å²) in [6.45, 7) is 4.41. The minimum atomic E-state index is -0.531. The van der Waals surface area contributed by atoms with E-state index < -0.39 is 11.8 Å². The van der Waals surface area contributed by atoms with Gasteiger partial charge in [-0.15, -0.1) is 0 Å². The summed E-state index contributed by atoms with van der Waals surface area (Å²) < 4.78 is 6.07.